The van der Waals surface area contributed by atoms with E-state index in [-0.39, 0.29) is 17.4 Å². The summed E-state index contributed by atoms with van der Waals surface area (Å²) in [5.41, 5.74) is 2.03. The Bertz CT molecular complexity index is 845. The summed E-state index contributed by atoms with van der Waals surface area (Å²) in [5, 5.41) is 8.48. The SMILES string of the molecule is CC(C)(CCCOS(C)(=O)=O)CC(C)(C)CCn1cc(-c2cccnc2)nn1. The third-order valence-corrected chi connectivity index (χ3v) is 5.36. The van der Waals surface area contributed by atoms with Crippen LogP contribution in [-0.4, -0.2) is 41.3 Å². The van der Waals surface area contributed by atoms with Crippen LogP contribution in [0.1, 0.15) is 53.4 Å². The van der Waals surface area contributed by atoms with Crippen molar-refractivity contribution in [3.05, 3.63) is 30.7 Å². The highest BCUT2D eigenvalue weighted by Crippen LogP contribution is 2.39. The zero-order valence-corrected chi connectivity index (χ0v) is 18.4. The molecule has 7 nitrogen and oxygen atoms in total. The van der Waals surface area contributed by atoms with Gasteiger partial charge >= 0.3 is 0 Å². The fourth-order valence-electron chi connectivity index (χ4n) is 3.70. The molecule has 0 N–H and O–H groups in total. The molecule has 2 aromatic heterocycles. The average molecular weight is 409 g/mol. The standard InChI is InChI=1S/C20H32N4O3S/c1-19(2,9-7-13-27-28(5,25)26)16-20(3,4)10-12-24-15-18(22-23-24)17-8-6-11-21-14-17/h6,8,11,14-15H,7,9-10,12-13,16H2,1-5H3. The first kappa shape index (κ1) is 22.5. The molecule has 0 spiro atoms. The van der Waals surface area contributed by atoms with Gasteiger partial charge in [-0.2, -0.15) is 8.42 Å². The first-order valence-electron chi connectivity index (χ1n) is 9.61. The van der Waals surface area contributed by atoms with E-state index in [1.165, 1.54) is 0 Å². The van der Waals surface area contributed by atoms with E-state index < -0.39 is 10.1 Å². The van der Waals surface area contributed by atoms with Gasteiger partial charge in [-0.1, -0.05) is 32.9 Å². The van der Waals surface area contributed by atoms with Gasteiger partial charge in [0.1, 0.15) is 5.69 Å². The summed E-state index contributed by atoms with van der Waals surface area (Å²) >= 11 is 0. The molecule has 0 saturated heterocycles. The molecular weight excluding hydrogens is 376 g/mol. The summed E-state index contributed by atoms with van der Waals surface area (Å²) < 4.78 is 28.8. The number of nitrogens with zero attached hydrogens (tertiary/aromatic N) is 4. The topological polar surface area (TPSA) is 87.0 Å². The molecule has 0 radical (unpaired) electrons. The van der Waals surface area contributed by atoms with E-state index in [0.717, 1.165) is 49.7 Å². The Morgan fingerprint density at radius 1 is 1.14 bits per heavy atom. The lowest BCUT2D eigenvalue weighted by atomic mass is 9.71. The molecule has 2 aromatic rings. The highest BCUT2D eigenvalue weighted by Gasteiger charge is 2.28. The Hall–Kier alpha value is -1.80. The number of pyridine rings is 1. The summed E-state index contributed by atoms with van der Waals surface area (Å²) in [6.07, 6.45) is 10.2. The van der Waals surface area contributed by atoms with Gasteiger partial charge in [-0.05, 0) is 48.6 Å². The molecule has 0 atom stereocenters. The summed E-state index contributed by atoms with van der Waals surface area (Å²) in [6, 6.07) is 3.86. The van der Waals surface area contributed by atoms with E-state index in [4.69, 9.17) is 4.18 Å². The fraction of sp³-hybridized carbons (Fsp3) is 0.650. The number of aromatic nitrogens is 4. The molecule has 0 amide bonds. The van der Waals surface area contributed by atoms with Gasteiger partial charge in [0.2, 0.25) is 0 Å². The maximum absolute atomic E-state index is 11.1. The van der Waals surface area contributed by atoms with Crippen molar-refractivity contribution < 1.29 is 12.6 Å². The first-order valence-corrected chi connectivity index (χ1v) is 11.4. The van der Waals surface area contributed by atoms with Crippen LogP contribution in [0, 0.1) is 10.8 Å². The molecule has 0 aliphatic heterocycles. The van der Waals surface area contributed by atoms with E-state index in [9.17, 15) is 8.42 Å². The monoisotopic (exact) mass is 408 g/mol. The molecule has 0 aromatic carbocycles. The van der Waals surface area contributed by atoms with Gasteiger partial charge in [-0.25, -0.2) is 0 Å². The Labute approximate surface area is 168 Å². The van der Waals surface area contributed by atoms with E-state index in [2.05, 4.69) is 43.0 Å². The van der Waals surface area contributed by atoms with Crippen LogP contribution >= 0.6 is 0 Å². The van der Waals surface area contributed by atoms with E-state index in [0.29, 0.717) is 0 Å². The largest absolute Gasteiger partial charge is 0.270 e. The van der Waals surface area contributed by atoms with Crippen molar-refractivity contribution >= 4 is 10.1 Å². The van der Waals surface area contributed by atoms with Crippen molar-refractivity contribution in [1.29, 1.82) is 0 Å². The first-order chi connectivity index (χ1) is 13.0. The van der Waals surface area contributed by atoms with Crippen LogP contribution in [0.2, 0.25) is 0 Å². The van der Waals surface area contributed by atoms with Crippen molar-refractivity contribution in [3.8, 4) is 11.3 Å². The van der Waals surface area contributed by atoms with E-state index in [1.54, 1.807) is 12.4 Å². The molecule has 156 valence electrons. The summed E-state index contributed by atoms with van der Waals surface area (Å²) in [6.45, 7) is 10.0. The van der Waals surface area contributed by atoms with Crippen molar-refractivity contribution in [2.45, 2.75) is 59.9 Å². The van der Waals surface area contributed by atoms with Crippen LogP contribution in [0.4, 0.5) is 0 Å². The van der Waals surface area contributed by atoms with Gasteiger partial charge in [-0.15, -0.1) is 5.10 Å². The number of aryl methyl sites for hydroxylation is 1. The lowest BCUT2D eigenvalue weighted by molar-refractivity contribution is 0.153. The zero-order valence-electron chi connectivity index (χ0n) is 17.6. The average Bonchev–Trinajstić information content (AvgIpc) is 3.05. The van der Waals surface area contributed by atoms with Crippen LogP contribution in [0.15, 0.2) is 30.7 Å². The van der Waals surface area contributed by atoms with Crippen LogP contribution in [0.5, 0.6) is 0 Å². The molecule has 28 heavy (non-hydrogen) atoms. The summed E-state index contributed by atoms with van der Waals surface area (Å²) in [5.74, 6) is 0. The maximum Gasteiger partial charge on any atom is 0.264 e. The van der Waals surface area contributed by atoms with Crippen LogP contribution < -0.4 is 0 Å². The highest BCUT2D eigenvalue weighted by atomic mass is 32.2. The van der Waals surface area contributed by atoms with Gasteiger partial charge in [-0.3, -0.25) is 13.8 Å². The quantitative estimate of drug-likeness (QED) is 0.413. The molecule has 0 fully saturated rings. The van der Waals surface area contributed by atoms with Crippen LogP contribution in [0.25, 0.3) is 11.3 Å². The predicted octanol–water partition coefficient (Wildman–Crippen LogP) is 3.93. The highest BCUT2D eigenvalue weighted by molar-refractivity contribution is 7.85. The second-order valence-corrected chi connectivity index (χ2v) is 10.6. The van der Waals surface area contributed by atoms with Crippen molar-refractivity contribution in [2.75, 3.05) is 12.9 Å². The van der Waals surface area contributed by atoms with E-state index in [1.807, 2.05) is 23.0 Å². The third-order valence-electron chi connectivity index (χ3n) is 4.77. The molecule has 0 aliphatic carbocycles. The molecule has 8 heteroatoms. The van der Waals surface area contributed by atoms with Crippen molar-refractivity contribution in [2.24, 2.45) is 10.8 Å². The summed E-state index contributed by atoms with van der Waals surface area (Å²) in [7, 11) is -3.35. The molecule has 0 aliphatic rings. The molecular formula is C20H32N4O3S. The second-order valence-electron chi connectivity index (χ2n) is 8.99. The molecule has 2 heterocycles. The van der Waals surface area contributed by atoms with Crippen molar-refractivity contribution in [1.82, 2.24) is 20.0 Å². The number of hydrogen-bond acceptors (Lipinski definition) is 6. The van der Waals surface area contributed by atoms with Crippen LogP contribution in [-0.2, 0) is 20.8 Å². The molecule has 0 unspecified atom stereocenters. The van der Waals surface area contributed by atoms with E-state index >= 15 is 0 Å². The lowest BCUT2D eigenvalue weighted by Crippen LogP contribution is -2.25. The van der Waals surface area contributed by atoms with Crippen LogP contribution in [0.3, 0.4) is 0 Å². The number of rotatable bonds is 11. The molecule has 0 bridgehead atoms. The Morgan fingerprint density at radius 2 is 1.86 bits per heavy atom. The normalized spacial score (nSPS) is 13.0. The smallest absolute Gasteiger partial charge is 0.264 e. The predicted molar refractivity (Wildman–Crippen MR) is 110 cm³/mol. The molecule has 2 rings (SSSR count). The van der Waals surface area contributed by atoms with Gasteiger partial charge in [0.05, 0.1) is 19.1 Å². The summed E-state index contributed by atoms with van der Waals surface area (Å²) in [4.78, 5) is 4.12. The fourth-order valence-corrected chi connectivity index (χ4v) is 4.13. The van der Waals surface area contributed by atoms with Gasteiger partial charge in [0, 0.05) is 24.5 Å². The Morgan fingerprint density at radius 3 is 2.50 bits per heavy atom. The zero-order chi connectivity index (χ0) is 20.8. The maximum atomic E-state index is 11.1. The van der Waals surface area contributed by atoms with Gasteiger partial charge in [0.25, 0.3) is 10.1 Å². The number of hydrogen-bond donors (Lipinski definition) is 0. The Kier molecular flexibility index (Phi) is 7.33. The van der Waals surface area contributed by atoms with Gasteiger partial charge in [0.15, 0.2) is 0 Å². The minimum Gasteiger partial charge on any atom is -0.270 e. The van der Waals surface area contributed by atoms with Crippen molar-refractivity contribution in [3.63, 3.8) is 0 Å². The molecule has 0 saturated carbocycles. The minimum atomic E-state index is -3.35. The second kappa shape index (κ2) is 9.13. The third kappa shape index (κ3) is 8.06. The Balaban J connectivity index is 1.83. The lowest BCUT2D eigenvalue weighted by Gasteiger charge is -2.35. The minimum absolute atomic E-state index is 0.105. The van der Waals surface area contributed by atoms with Gasteiger partial charge < -0.3 is 0 Å².